The molecule has 0 aliphatic rings. The number of fused-ring (bicyclic) bond motifs is 3. The van der Waals surface area contributed by atoms with E-state index in [1.807, 2.05) is 36.4 Å². The first-order valence-corrected chi connectivity index (χ1v) is 9.06. The third-order valence-corrected chi connectivity index (χ3v) is 4.70. The first-order valence-electron chi connectivity index (χ1n) is 7.89. The van der Waals surface area contributed by atoms with Gasteiger partial charge >= 0.3 is 0 Å². The number of carbonyl (C=O) groups is 1. The van der Waals surface area contributed by atoms with Gasteiger partial charge in [0, 0.05) is 27.0 Å². The van der Waals surface area contributed by atoms with Crippen LogP contribution in [-0.4, -0.2) is 12.5 Å². The molecule has 0 fully saturated rings. The van der Waals surface area contributed by atoms with E-state index in [4.69, 9.17) is 20.8 Å². The monoisotopic (exact) mass is 429 g/mol. The number of anilines is 1. The topological polar surface area (TPSA) is 51.5 Å². The van der Waals surface area contributed by atoms with Crippen molar-refractivity contribution in [1.29, 1.82) is 0 Å². The van der Waals surface area contributed by atoms with E-state index in [9.17, 15) is 4.79 Å². The van der Waals surface area contributed by atoms with E-state index in [0.717, 1.165) is 26.4 Å². The average Bonchev–Trinajstić information content (AvgIpc) is 2.98. The lowest BCUT2D eigenvalue weighted by atomic mass is 10.1. The van der Waals surface area contributed by atoms with Crippen LogP contribution in [0.25, 0.3) is 21.9 Å². The highest BCUT2D eigenvalue weighted by Gasteiger charge is 2.10. The second-order valence-corrected chi connectivity index (χ2v) is 7.04. The second-order valence-electron chi connectivity index (χ2n) is 5.72. The molecule has 1 amide bonds. The van der Waals surface area contributed by atoms with Gasteiger partial charge in [-0.05, 0) is 36.4 Å². The van der Waals surface area contributed by atoms with Crippen LogP contribution in [0.15, 0.2) is 69.6 Å². The van der Waals surface area contributed by atoms with E-state index in [1.54, 1.807) is 24.3 Å². The van der Waals surface area contributed by atoms with Gasteiger partial charge in [0.15, 0.2) is 6.61 Å². The van der Waals surface area contributed by atoms with E-state index in [0.29, 0.717) is 16.5 Å². The third kappa shape index (κ3) is 3.41. The van der Waals surface area contributed by atoms with E-state index >= 15 is 0 Å². The molecule has 1 N–H and O–H groups in total. The summed E-state index contributed by atoms with van der Waals surface area (Å²) >= 11 is 9.40. The summed E-state index contributed by atoms with van der Waals surface area (Å²) < 4.78 is 12.1. The van der Waals surface area contributed by atoms with Gasteiger partial charge in [0.1, 0.15) is 16.9 Å². The molecular formula is C20H13BrClNO3. The molecule has 130 valence electrons. The molecule has 0 unspecified atom stereocenters. The molecule has 0 radical (unpaired) electrons. The van der Waals surface area contributed by atoms with Crippen molar-refractivity contribution in [2.24, 2.45) is 0 Å². The maximum absolute atomic E-state index is 12.2. The van der Waals surface area contributed by atoms with Crippen LogP contribution < -0.4 is 10.1 Å². The lowest BCUT2D eigenvalue weighted by molar-refractivity contribution is -0.118. The highest BCUT2D eigenvalue weighted by molar-refractivity contribution is 9.10. The summed E-state index contributed by atoms with van der Waals surface area (Å²) in [4.78, 5) is 12.2. The van der Waals surface area contributed by atoms with Gasteiger partial charge in [0.2, 0.25) is 0 Å². The summed E-state index contributed by atoms with van der Waals surface area (Å²) in [6.07, 6.45) is 0. The number of hydrogen-bond donors (Lipinski definition) is 1. The van der Waals surface area contributed by atoms with Gasteiger partial charge in [-0.15, -0.1) is 0 Å². The number of rotatable bonds is 4. The highest BCUT2D eigenvalue weighted by Crippen LogP contribution is 2.30. The Morgan fingerprint density at radius 2 is 1.85 bits per heavy atom. The number of nitrogens with one attached hydrogen (secondary N) is 1. The fourth-order valence-corrected chi connectivity index (χ4v) is 3.46. The molecule has 1 aromatic heterocycles. The molecular weight excluding hydrogens is 418 g/mol. The Balaban J connectivity index is 1.47. The number of para-hydroxylation sites is 1. The lowest BCUT2D eigenvalue weighted by Gasteiger charge is -2.09. The summed E-state index contributed by atoms with van der Waals surface area (Å²) in [6, 6.07) is 18.6. The summed E-state index contributed by atoms with van der Waals surface area (Å²) in [5.74, 6) is 0.178. The standard InChI is InChI=1S/C20H13BrClNO3/c21-12-5-8-18(16(22)9-12)25-11-20(24)23-13-6-7-15-14-3-1-2-4-17(14)26-19(15)10-13/h1-10H,11H2,(H,23,24). The van der Waals surface area contributed by atoms with Crippen molar-refractivity contribution in [2.45, 2.75) is 0 Å². The van der Waals surface area contributed by atoms with E-state index in [-0.39, 0.29) is 12.5 Å². The minimum atomic E-state index is -0.278. The minimum Gasteiger partial charge on any atom is -0.482 e. The maximum Gasteiger partial charge on any atom is 0.262 e. The molecule has 4 aromatic rings. The molecule has 6 heteroatoms. The molecule has 0 bridgehead atoms. The van der Waals surface area contributed by atoms with Gasteiger partial charge < -0.3 is 14.5 Å². The zero-order valence-corrected chi connectivity index (χ0v) is 15.8. The van der Waals surface area contributed by atoms with E-state index in [1.165, 1.54) is 0 Å². The number of benzene rings is 3. The van der Waals surface area contributed by atoms with Gasteiger partial charge in [-0.2, -0.15) is 0 Å². The molecule has 0 saturated carbocycles. The summed E-state index contributed by atoms with van der Waals surface area (Å²) in [6.45, 7) is -0.139. The van der Waals surface area contributed by atoms with Crippen LogP contribution in [0.4, 0.5) is 5.69 Å². The Labute approximate surface area is 162 Å². The van der Waals surface area contributed by atoms with Gasteiger partial charge in [0.05, 0.1) is 5.02 Å². The quantitative estimate of drug-likeness (QED) is 0.431. The molecule has 4 nitrogen and oxygen atoms in total. The average molecular weight is 431 g/mol. The fraction of sp³-hybridized carbons (Fsp3) is 0.0500. The van der Waals surface area contributed by atoms with E-state index in [2.05, 4.69) is 21.2 Å². The molecule has 26 heavy (non-hydrogen) atoms. The normalized spacial score (nSPS) is 11.0. The molecule has 0 atom stereocenters. The number of hydrogen-bond acceptors (Lipinski definition) is 3. The van der Waals surface area contributed by atoms with Crippen molar-refractivity contribution in [1.82, 2.24) is 0 Å². The van der Waals surface area contributed by atoms with Crippen LogP contribution in [0.5, 0.6) is 5.75 Å². The number of furan rings is 1. The van der Waals surface area contributed by atoms with Crippen LogP contribution in [0.1, 0.15) is 0 Å². The molecule has 0 saturated heterocycles. The van der Waals surface area contributed by atoms with Gasteiger partial charge in [-0.25, -0.2) is 0 Å². The van der Waals surface area contributed by atoms with Crippen molar-refractivity contribution >= 4 is 61.1 Å². The van der Waals surface area contributed by atoms with Crippen LogP contribution in [0.3, 0.4) is 0 Å². The second kappa shape index (κ2) is 7.02. The highest BCUT2D eigenvalue weighted by atomic mass is 79.9. The predicted octanol–water partition coefficient (Wildman–Crippen LogP) is 6.02. The Bertz CT molecular complexity index is 1120. The van der Waals surface area contributed by atoms with Crippen LogP contribution >= 0.6 is 27.5 Å². The van der Waals surface area contributed by atoms with Gasteiger partial charge in [-0.1, -0.05) is 45.7 Å². The largest absolute Gasteiger partial charge is 0.482 e. The van der Waals surface area contributed by atoms with Crippen molar-refractivity contribution in [2.75, 3.05) is 11.9 Å². The Kier molecular flexibility index (Phi) is 4.57. The number of ether oxygens (including phenoxy) is 1. The van der Waals surface area contributed by atoms with Crippen LogP contribution in [0.2, 0.25) is 5.02 Å². The molecule has 0 aliphatic heterocycles. The van der Waals surface area contributed by atoms with Crippen molar-refractivity contribution in [3.8, 4) is 5.75 Å². The number of amides is 1. The summed E-state index contributed by atoms with van der Waals surface area (Å²) in [7, 11) is 0. The molecule has 0 spiro atoms. The molecule has 1 heterocycles. The Hall–Kier alpha value is -2.50. The lowest BCUT2D eigenvalue weighted by Crippen LogP contribution is -2.20. The van der Waals surface area contributed by atoms with Crippen LogP contribution in [-0.2, 0) is 4.79 Å². The smallest absolute Gasteiger partial charge is 0.262 e. The van der Waals surface area contributed by atoms with Crippen molar-refractivity contribution < 1.29 is 13.9 Å². The zero-order chi connectivity index (χ0) is 18.1. The Morgan fingerprint density at radius 1 is 1.04 bits per heavy atom. The number of carbonyl (C=O) groups excluding carboxylic acids is 1. The third-order valence-electron chi connectivity index (χ3n) is 3.92. The Morgan fingerprint density at radius 3 is 2.69 bits per heavy atom. The molecule has 4 rings (SSSR count). The fourth-order valence-electron chi connectivity index (χ4n) is 2.74. The molecule has 3 aromatic carbocycles. The molecule has 0 aliphatic carbocycles. The SMILES string of the molecule is O=C(COc1ccc(Br)cc1Cl)Nc1ccc2c(c1)oc1ccccc12. The summed E-state index contributed by atoms with van der Waals surface area (Å²) in [5.41, 5.74) is 2.19. The first-order chi connectivity index (χ1) is 12.6. The predicted molar refractivity (Wildman–Crippen MR) is 107 cm³/mol. The van der Waals surface area contributed by atoms with Gasteiger partial charge in [-0.3, -0.25) is 4.79 Å². The zero-order valence-electron chi connectivity index (χ0n) is 13.5. The summed E-state index contributed by atoms with van der Waals surface area (Å²) in [5, 5.41) is 5.30. The van der Waals surface area contributed by atoms with Crippen molar-refractivity contribution in [3.63, 3.8) is 0 Å². The van der Waals surface area contributed by atoms with E-state index < -0.39 is 0 Å². The van der Waals surface area contributed by atoms with Gasteiger partial charge in [0.25, 0.3) is 5.91 Å². The maximum atomic E-state index is 12.2. The first kappa shape index (κ1) is 16.9. The number of halogens is 2. The van der Waals surface area contributed by atoms with Crippen LogP contribution in [0, 0.1) is 0 Å². The minimum absolute atomic E-state index is 0.139. The van der Waals surface area contributed by atoms with Crippen molar-refractivity contribution in [3.05, 3.63) is 70.2 Å².